The number of nitrogens with one attached hydrogen (secondary N) is 2. The summed E-state index contributed by atoms with van der Waals surface area (Å²) in [5.74, 6) is 0.748. The molecule has 27 heavy (non-hydrogen) atoms. The molecule has 0 aliphatic heterocycles. The molecule has 0 aromatic heterocycles. The zero-order chi connectivity index (χ0) is 19.8. The van der Waals surface area contributed by atoms with Crippen LogP contribution in [0, 0.1) is 5.92 Å². The summed E-state index contributed by atoms with van der Waals surface area (Å²) in [7, 11) is 1.63. The lowest BCUT2D eigenvalue weighted by atomic mass is 9.95. The number of ether oxygens (including phenoxy) is 1. The van der Waals surface area contributed by atoms with E-state index < -0.39 is 0 Å². The van der Waals surface area contributed by atoms with Gasteiger partial charge in [-0.2, -0.15) is 0 Å². The lowest BCUT2D eigenvalue weighted by molar-refractivity contribution is -0.122. The maximum absolute atomic E-state index is 12.5. The lowest BCUT2D eigenvalue weighted by Crippen LogP contribution is -2.39. The summed E-state index contributed by atoms with van der Waals surface area (Å²) in [5.41, 5.74) is 1.61. The van der Waals surface area contributed by atoms with E-state index in [2.05, 4.69) is 24.5 Å². The topological polar surface area (TPSA) is 67.4 Å². The Bertz CT molecular complexity index is 742. The van der Waals surface area contributed by atoms with Crippen LogP contribution in [0.4, 0.5) is 0 Å². The zero-order valence-electron chi connectivity index (χ0n) is 16.4. The van der Waals surface area contributed by atoms with E-state index >= 15 is 0 Å². The Morgan fingerprint density at radius 1 is 0.926 bits per heavy atom. The molecule has 0 saturated carbocycles. The van der Waals surface area contributed by atoms with Gasteiger partial charge in [0, 0.05) is 18.0 Å². The molecule has 2 amide bonds. The Morgan fingerprint density at radius 2 is 1.56 bits per heavy atom. The monoisotopic (exact) mass is 368 g/mol. The molecule has 2 aromatic carbocycles. The minimum absolute atomic E-state index is 0.0922. The van der Waals surface area contributed by atoms with E-state index in [1.54, 1.807) is 19.2 Å². The molecule has 0 aliphatic rings. The second-order valence-electron chi connectivity index (χ2n) is 7.01. The molecule has 2 N–H and O–H groups in total. The highest BCUT2D eigenvalue weighted by Gasteiger charge is 2.20. The number of carbonyl (C=O) groups excluding carboxylic acids is 2. The van der Waals surface area contributed by atoms with Gasteiger partial charge in [0.25, 0.3) is 5.91 Å². The largest absolute Gasteiger partial charge is 0.497 e. The molecule has 0 saturated heterocycles. The van der Waals surface area contributed by atoms with Crippen molar-refractivity contribution in [1.29, 1.82) is 0 Å². The first kappa shape index (κ1) is 20.5. The Kier molecular flexibility index (Phi) is 7.41. The number of hydrogen-bond acceptors (Lipinski definition) is 3. The molecular formula is C22H28N2O3. The molecule has 2 atom stereocenters. The summed E-state index contributed by atoms with van der Waals surface area (Å²) in [6.07, 6.45) is 0.220. The van der Waals surface area contributed by atoms with Gasteiger partial charge in [0.1, 0.15) is 5.75 Å². The molecule has 2 rings (SSSR count). The van der Waals surface area contributed by atoms with Crippen molar-refractivity contribution in [2.24, 2.45) is 5.92 Å². The minimum Gasteiger partial charge on any atom is -0.497 e. The van der Waals surface area contributed by atoms with E-state index in [1.807, 2.05) is 49.4 Å². The number of methoxy groups -OCH3 is 1. The third kappa shape index (κ3) is 6.13. The number of carbonyl (C=O) groups is 2. The van der Waals surface area contributed by atoms with E-state index in [4.69, 9.17) is 4.74 Å². The summed E-state index contributed by atoms with van der Waals surface area (Å²) in [5, 5.41) is 5.95. The van der Waals surface area contributed by atoms with Gasteiger partial charge in [0.15, 0.2) is 0 Å². The van der Waals surface area contributed by atoms with Crippen molar-refractivity contribution in [1.82, 2.24) is 10.6 Å². The first-order valence-corrected chi connectivity index (χ1v) is 9.20. The molecule has 2 unspecified atom stereocenters. The third-order valence-corrected chi connectivity index (χ3v) is 4.36. The van der Waals surface area contributed by atoms with Gasteiger partial charge >= 0.3 is 0 Å². The van der Waals surface area contributed by atoms with Crippen LogP contribution < -0.4 is 15.4 Å². The molecular weight excluding hydrogens is 340 g/mol. The van der Waals surface area contributed by atoms with E-state index in [-0.39, 0.29) is 36.2 Å². The third-order valence-electron chi connectivity index (χ3n) is 4.36. The highest BCUT2D eigenvalue weighted by Crippen LogP contribution is 2.24. The number of amides is 2. The molecule has 5 nitrogen and oxygen atoms in total. The summed E-state index contributed by atoms with van der Waals surface area (Å²) in [6.45, 7) is 5.96. The van der Waals surface area contributed by atoms with Gasteiger partial charge in [-0.1, -0.05) is 44.2 Å². The number of hydrogen-bond donors (Lipinski definition) is 2. The van der Waals surface area contributed by atoms with Crippen molar-refractivity contribution in [2.45, 2.75) is 39.3 Å². The quantitative estimate of drug-likeness (QED) is 0.746. The zero-order valence-corrected chi connectivity index (χ0v) is 16.4. The highest BCUT2D eigenvalue weighted by atomic mass is 16.5. The van der Waals surface area contributed by atoms with Gasteiger partial charge < -0.3 is 15.4 Å². The summed E-state index contributed by atoms with van der Waals surface area (Å²) < 4.78 is 5.19. The van der Waals surface area contributed by atoms with E-state index in [9.17, 15) is 9.59 Å². The lowest BCUT2D eigenvalue weighted by Gasteiger charge is -2.24. The van der Waals surface area contributed by atoms with Crippen LogP contribution in [0.15, 0.2) is 54.6 Å². The first-order chi connectivity index (χ1) is 12.9. The van der Waals surface area contributed by atoms with E-state index in [0.717, 1.165) is 11.3 Å². The number of rotatable bonds is 8. The molecule has 0 bridgehead atoms. The van der Waals surface area contributed by atoms with Crippen molar-refractivity contribution in [2.75, 3.05) is 7.11 Å². The van der Waals surface area contributed by atoms with Crippen LogP contribution in [0.1, 0.15) is 49.2 Å². The molecule has 0 fully saturated rings. The van der Waals surface area contributed by atoms with Gasteiger partial charge in [-0.15, -0.1) is 0 Å². The predicted octanol–water partition coefficient (Wildman–Crippen LogP) is 3.72. The van der Waals surface area contributed by atoms with Crippen LogP contribution in [0.2, 0.25) is 0 Å². The fourth-order valence-corrected chi connectivity index (χ4v) is 2.90. The Balaban J connectivity index is 1.93. The second-order valence-corrected chi connectivity index (χ2v) is 7.01. The van der Waals surface area contributed by atoms with Gasteiger partial charge in [-0.3, -0.25) is 9.59 Å². The summed E-state index contributed by atoms with van der Waals surface area (Å²) in [4.78, 5) is 24.7. The smallest absolute Gasteiger partial charge is 0.251 e. The second kappa shape index (κ2) is 9.76. The molecule has 144 valence electrons. The Morgan fingerprint density at radius 3 is 2.11 bits per heavy atom. The van der Waals surface area contributed by atoms with Crippen LogP contribution in [0.3, 0.4) is 0 Å². The van der Waals surface area contributed by atoms with Crippen LogP contribution in [0.25, 0.3) is 0 Å². The van der Waals surface area contributed by atoms with Gasteiger partial charge in [-0.05, 0) is 42.7 Å². The average molecular weight is 368 g/mol. The SMILES string of the molecule is COc1ccc(C(NC(=O)CC(C)NC(=O)c2ccccc2)C(C)C)cc1. The molecule has 5 heteroatoms. The fraction of sp³-hybridized carbons (Fsp3) is 0.364. The highest BCUT2D eigenvalue weighted by molar-refractivity contribution is 5.94. The molecule has 0 aliphatic carbocycles. The normalized spacial score (nSPS) is 12.9. The van der Waals surface area contributed by atoms with Crippen LogP contribution in [0.5, 0.6) is 5.75 Å². The maximum atomic E-state index is 12.5. The van der Waals surface area contributed by atoms with Crippen molar-refractivity contribution in [3.05, 3.63) is 65.7 Å². The van der Waals surface area contributed by atoms with Gasteiger partial charge in [0.2, 0.25) is 5.91 Å². The average Bonchev–Trinajstić information content (AvgIpc) is 2.66. The van der Waals surface area contributed by atoms with Gasteiger partial charge in [-0.25, -0.2) is 0 Å². The number of benzene rings is 2. The molecule has 0 radical (unpaired) electrons. The van der Waals surface area contributed by atoms with Crippen LogP contribution in [-0.4, -0.2) is 25.0 Å². The first-order valence-electron chi connectivity index (χ1n) is 9.20. The van der Waals surface area contributed by atoms with Crippen molar-refractivity contribution < 1.29 is 14.3 Å². The van der Waals surface area contributed by atoms with Crippen LogP contribution >= 0.6 is 0 Å². The van der Waals surface area contributed by atoms with Crippen molar-refractivity contribution in [3.8, 4) is 5.75 Å². The summed E-state index contributed by atoms with van der Waals surface area (Å²) >= 11 is 0. The Hall–Kier alpha value is -2.82. The van der Waals surface area contributed by atoms with E-state index in [1.165, 1.54) is 0 Å². The van der Waals surface area contributed by atoms with Crippen LogP contribution in [-0.2, 0) is 4.79 Å². The summed E-state index contributed by atoms with van der Waals surface area (Å²) in [6, 6.07) is 16.3. The van der Waals surface area contributed by atoms with Crippen molar-refractivity contribution >= 4 is 11.8 Å². The van der Waals surface area contributed by atoms with Crippen molar-refractivity contribution in [3.63, 3.8) is 0 Å². The molecule has 0 spiro atoms. The standard InChI is InChI=1S/C22H28N2O3/c1-15(2)21(17-10-12-19(27-4)13-11-17)24-20(25)14-16(3)23-22(26)18-8-6-5-7-9-18/h5-13,15-16,21H,14H2,1-4H3,(H,23,26)(H,24,25). The van der Waals surface area contributed by atoms with Gasteiger partial charge in [0.05, 0.1) is 13.2 Å². The fourth-order valence-electron chi connectivity index (χ4n) is 2.90. The molecule has 2 aromatic rings. The maximum Gasteiger partial charge on any atom is 0.251 e. The predicted molar refractivity (Wildman–Crippen MR) is 107 cm³/mol. The Labute approximate surface area is 161 Å². The minimum atomic E-state index is -0.263. The molecule has 0 heterocycles. The van der Waals surface area contributed by atoms with E-state index in [0.29, 0.717) is 5.56 Å².